The molecule has 2 heterocycles. The summed E-state index contributed by atoms with van der Waals surface area (Å²) in [5.41, 5.74) is 1.95. The van der Waals surface area contributed by atoms with Gasteiger partial charge in [0.2, 0.25) is 0 Å². The van der Waals surface area contributed by atoms with E-state index in [1.165, 1.54) is 16.9 Å². The standard InChI is InChI=1S/C17H17N3O2S/c1-10-13-15(18-2)19-12(9-8-11-6-4-3-5-7-11)20-16(13)23-14(10)17(21)22/h3-7H,8-9H2,1-2H3,(H,21,22)(H,18,19,20). The monoisotopic (exact) mass is 327 g/mol. The molecule has 0 aliphatic heterocycles. The van der Waals surface area contributed by atoms with Gasteiger partial charge < -0.3 is 10.4 Å². The van der Waals surface area contributed by atoms with Crippen molar-refractivity contribution in [1.82, 2.24) is 9.97 Å². The summed E-state index contributed by atoms with van der Waals surface area (Å²) in [4.78, 5) is 21.5. The first-order chi connectivity index (χ1) is 11.1. The number of thiophene rings is 1. The Balaban J connectivity index is 1.97. The highest BCUT2D eigenvalue weighted by Gasteiger charge is 2.19. The van der Waals surface area contributed by atoms with Crippen LogP contribution in [-0.2, 0) is 12.8 Å². The summed E-state index contributed by atoms with van der Waals surface area (Å²) < 4.78 is 0. The second-order valence-corrected chi connectivity index (χ2v) is 6.26. The van der Waals surface area contributed by atoms with Crippen molar-refractivity contribution in [2.24, 2.45) is 0 Å². The van der Waals surface area contributed by atoms with Crippen LogP contribution in [0.1, 0.15) is 26.6 Å². The van der Waals surface area contributed by atoms with E-state index in [1.807, 2.05) is 18.2 Å². The molecule has 5 nitrogen and oxygen atoms in total. The second-order valence-electron chi connectivity index (χ2n) is 5.27. The minimum atomic E-state index is -0.918. The van der Waals surface area contributed by atoms with Gasteiger partial charge in [0.25, 0.3) is 0 Å². The van der Waals surface area contributed by atoms with Crippen molar-refractivity contribution in [3.8, 4) is 0 Å². The summed E-state index contributed by atoms with van der Waals surface area (Å²) in [6.07, 6.45) is 1.57. The molecular formula is C17H17N3O2S. The summed E-state index contributed by atoms with van der Waals surface area (Å²) in [6.45, 7) is 1.80. The third-order valence-corrected chi connectivity index (χ3v) is 4.92. The average Bonchev–Trinajstić information content (AvgIpc) is 2.90. The molecule has 3 aromatic rings. The lowest BCUT2D eigenvalue weighted by Crippen LogP contribution is -2.03. The first-order valence-electron chi connectivity index (χ1n) is 7.35. The lowest BCUT2D eigenvalue weighted by molar-refractivity contribution is 0.0701. The zero-order valence-corrected chi connectivity index (χ0v) is 13.8. The number of anilines is 1. The Hall–Kier alpha value is -2.47. The number of aromatic carboxylic acids is 1. The lowest BCUT2D eigenvalue weighted by atomic mass is 10.1. The number of carboxylic acids is 1. The van der Waals surface area contributed by atoms with E-state index >= 15 is 0 Å². The van der Waals surface area contributed by atoms with Crippen LogP contribution in [0.3, 0.4) is 0 Å². The van der Waals surface area contributed by atoms with E-state index in [2.05, 4.69) is 27.4 Å². The smallest absolute Gasteiger partial charge is 0.346 e. The van der Waals surface area contributed by atoms with Crippen LogP contribution in [0.2, 0.25) is 0 Å². The number of nitrogens with zero attached hydrogens (tertiary/aromatic N) is 2. The molecule has 6 heteroatoms. The Labute approximate surface area is 138 Å². The third-order valence-electron chi connectivity index (χ3n) is 3.75. The van der Waals surface area contributed by atoms with Gasteiger partial charge in [0.05, 0.1) is 5.39 Å². The number of aryl methyl sites for hydroxylation is 3. The molecule has 1 aromatic carbocycles. The van der Waals surface area contributed by atoms with Crippen molar-refractivity contribution in [3.05, 3.63) is 52.2 Å². The van der Waals surface area contributed by atoms with Gasteiger partial charge in [-0.1, -0.05) is 30.3 Å². The van der Waals surface area contributed by atoms with Crippen LogP contribution >= 0.6 is 11.3 Å². The van der Waals surface area contributed by atoms with Crippen LogP contribution in [-0.4, -0.2) is 28.1 Å². The molecule has 0 fully saturated rings. The van der Waals surface area contributed by atoms with Crippen LogP contribution < -0.4 is 5.32 Å². The number of hydrogen-bond donors (Lipinski definition) is 2. The van der Waals surface area contributed by atoms with Crippen molar-refractivity contribution >= 4 is 33.3 Å². The third kappa shape index (κ3) is 3.03. The summed E-state index contributed by atoms with van der Waals surface area (Å²) in [5.74, 6) is 0.501. The number of benzene rings is 1. The van der Waals surface area contributed by atoms with E-state index in [0.29, 0.717) is 17.1 Å². The van der Waals surface area contributed by atoms with Crippen molar-refractivity contribution in [1.29, 1.82) is 0 Å². The number of nitrogens with one attached hydrogen (secondary N) is 1. The molecule has 0 bridgehead atoms. The molecule has 0 unspecified atom stereocenters. The predicted octanol–water partition coefficient (Wildman–Crippen LogP) is 3.52. The molecule has 0 saturated heterocycles. The summed E-state index contributed by atoms with van der Waals surface area (Å²) in [5, 5.41) is 13.2. The maximum atomic E-state index is 11.3. The van der Waals surface area contributed by atoms with Gasteiger partial charge in [-0.25, -0.2) is 14.8 Å². The minimum absolute atomic E-state index is 0.325. The molecule has 118 valence electrons. The van der Waals surface area contributed by atoms with Gasteiger partial charge in [-0.3, -0.25) is 0 Å². The number of carbonyl (C=O) groups is 1. The molecule has 0 atom stereocenters. The van der Waals surface area contributed by atoms with Gasteiger partial charge in [0.1, 0.15) is 21.3 Å². The summed E-state index contributed by atoms with van der Waals surface area (Å²) in [6, 6.07) is 10.2. The number of fused-ring (bicyclic) bond motifs is 1. The maximum absolute atomic E-state index is 11.3. The highest BCUT2D eigenvalue weighted by Crippen LogP contribution is 2.33. The van der Waals surface area contributed by atoms with Crippen molar-refractivity contribution in [2.75, 3.05) is 12.4 Å². The highest BCUT2D eigenvalue weighted by atomic mass is 32.1. The van der Waals surface area contributed by atoms with Crippen LogP contribution in [0.5, 0.6) is 0 Å². The molecule has 0 spiro atoms. The molecule has 2 N–H and O–H groups in total. The summed E-state index contributed by atoms with van der Waals surface area (Å²) >= 11 is 1.21. The molecule has 0 aliphatic carbocycles. The van der Waals surface area contributed by atoms with Gasteiger partial charge in [0, 0.05) is 13.5 Å². The van der Waals surface area contributed by atoms with E-state index in [1.54, 1.807) is 14.0 Å². The van der Waals surface area contributed by atoms with E-state index in [9.17, 15) is 9.90 Å². The molecule has 0 saturated carbocycles. The molecule has 0 radical (unpaired) electrons. The lowest BCUT2D eigenvalue weighted by Gasteiger charge is -2.06. The van der Waals surface area contributed by atoms with Gasteiger partial charge in [-0.15, -0.1) is 11.3 Å². The number of carboxylic acid groups (broad SMARTS) is 1. The Morgan fingerprint density at radius 2 is 1.96 bits per heavy atom. The predicted molar refractivity (Wildman–Crippen MR) is 92.5 cm³/mol. The topological polar surface area (TPSA) is 75.1 Å². The van der Waals surface area contributed by atoms with Gasteiger partial charge in [-0.2, -0.15) is 0 Å². The largest absolute Gasteiger partial charge is 0.477 e. The fourth-order valence-electron chi connectivity index (χ4n) is 2.58. The van der Waals surface area contributed by atoms with E-state index in [-0.39, 0.29) is 0 Å². The van der Waals surface area contributed by atoms with Crippen molar-refractivity contribution < 1.29 is 9.90 Å². The maximum Gasteiger partial charge on any atom is 0.346 e. The summed E-state index contributed by atoms with van der Waals surface area (Å²) in [7, 11) is 1.79. The highest BCUT2D eigenvalue weighted by molar-refractivity contribution is 7.20. The zero-order valence-electron chi connectivity index (χ0n) is 13.0. The molecule has 3 rings (SSSR count). The second kappa shape index (κ2) is 6.34. The number of hydrogen-bond acceptors (Lipinski definition) is 5. The normalized spacial score (nSPS) is 10.9. The fourth-order valence-corrected chi connectivity index (χ4v) is 3.62. The molecular weight excluding hydrogens is 310 g/mol. The number of aromatic nitrogens is 2. The molecule has 0 amide bonds. The van der Waals surface area contributed by atoms with Crippen LogP contribution in [0.25, 0.3) is 10.2 Å². The van der Waals surface area contributed by atoms with Crippen molar-refractivity contribution in [3.63, 3.8) is 0 Å². The minimum Gasteiger partial charge on any atom is -0.477 e. The first-order valence-corrected chi connectivity index (χ1v) is 8.16. The van der Waals surface area contributed by atoms with E-state index < -0.39 is 5.97 Å². The average molecular weight is 327 g/mol. The Morgan fingerprint density at radius 1 is 1.22 bits per heavy atom. The Kier molecular flexibility index (Phi) is 4.25. The molecule has 23 heavy (non-hydrogen) atoms. The van der Waals surface area contributed by atoms with Crippen LogP contribution in [0.4, 0.5) is 5.82 Å². The van der Waals surface area contributed by atoms with Gasteiger partial charge >= 0.3 is 5.97 Å². The first kappa shape index (κ1) is 15.4. The van der Waals surface area contributed by atoms with Gasteiger partial charge in [0.15, 0.2) is 0 Å². The number of rotatable bonds is 5. The van der Waals surface area contributed by atoms with E-state index in [0.717, 1.165) is 28.0 Å². The van der Waals surface area contributed by atoms with E-state index in [4.69, 9.17) is 0 Å². The SMILES string of the molecule is CNc1nc(CCc2ccccc2)nc2sc(C(=O)O)c(C)c12. The fraction of sp³-hybridized carbons (Fsp3) is 0.235. The Morgan fingerprint density at radius 3 is 2.61 bits per heavy atom. The van der Waals surface area contributed by atoms with Gasteiger partial charge in [-0.05, 0) is 24.5 Å². The van der Waals surface area contributed by atoms with Crippen molar-refractivity contribution in [2.45, 2.75) is 19.8 Å². The molecule has 0 aliphatic rings. The Bertz CT molecular complexity index is 859. The van der Waals surface area contributed by atoms with Crippen LogP contribution in [0.15, 0.2) is 30.3 Å². The molecule has 2 aromatic heterocycles. The quantitative estimate of drug-likeness (QED) is 0.750. The zero-order chi connectivity index (χ0) is 16.4. The van der Waals surface area contributed by atoms with Crippen LogP contribution in [0, 0.1) is 6.92 Å².